The van der Waals surface area contributed by atoms with Gasteiger partial charge in [-0.3, -0.25) is 4.79 Å². The number of carbonyl (C=O) groups is 1. The molecule has 1 heterocycles. The molecule has 1 aliphatic rings. The van der Waals surface area contributed by atoms with E-state index < -0.39 is 0 Å². The van der Waals surface area contributed by atoms with Gasteiger partial charge in [0, 0.05) is 6.54 Å². The number of hydrogen-bond donors (Lipinski definition) is 1. The van der Waals surface area contributed by atoms with Gasteiger partial charge in [0.1, 0.15) is 0 Å². The molecular formula is C13H16N4OS. The normalized spacial score (nSPS) is 17.6. The highest BCUT2D eigenvalue weighted by molar-refractivity contribution is 8.15. The molecule has 1 amide bonds. The fourth-order valence-corrected chi connectivity index (χ4v) is 2.29. The third-order valence-electron chi connectivity index (χ3n) is 2.39. The van der Waals surface area contributed by atoms with Crippen LogP contribution in [0, 0.1) is 0 Å². The van der Waals surface area contributed by atoms with Crippen LogP contribution in [0.2, 0.25) is 0 Å². The molecule has 1 aromatic carbocycles. The number of rotatable bonds is 4. The smallest absolute Gasteiger partial charge is 0.236 e. The first kappa shape index (κ1) is 13.8. The van der Waals surface area contributed by atoms with Gasteiger partial charge < -0.3 is 10.2 Å². The number of amides is 1. The topological polar surface area (TPSA) is 57.1 Å². The highest BCUT2D eigenvalue weighted by Gasteiger charge is 2.15. The maximum absolute atomic E-state index is 11.0. The van der Waals surface area contributed by atoms with Gasteiger partial charge in [-0.25, -0.2) is 0 Å². The molecule has 1 N–H and O–H groups in total. The monoisotopic (exact) mass is 276 g/mol. The van der Waals surface area contributed by atoms with Gasteiger partial charge in [-0.15, -0.1) is 5.10 Å². The van der Waals surface area contributed by atoms with E-state index in [0.717, 1.165) is 12.1 Å². The van der Waals surface area contributed by atoms with E-state index >= 15 is 0 Å². The van der Waals surface area contributed by atoms with Crippen LogP contribution in [0.25, 0.3) is 0 Å². The van der Waals surface area contributed by atoms with Crippen LogP contribution in [0.3, 0.4) is 0 Å². The number of amidine groups is 1. The van der Waals surface area contributed by atoms with E-state index in [1.807, 2.05) is 26.2 Å². The lowest BCUT2D eigenvalue weighted by molar-refractivity contribution is -0.116. The van der Waals surface area contributed by atoms with Crippen molar-refractivity contribution in [3.05, 3.63) is 35.4 Å². The van der Waals surface area contributed by atoms with Crippen molar-refractivity contribution in [2.24, 2.45) is 10.2 Å². The molecule has 19 heavy (non-hydrogen) atoms. The third-order valence-corrected chi connectivity index (χ3v) is 3.26. The van der Waals surface area contributed by atoms with Gasteiger partial charge in [0.2, 0.25) is 5.91 Å². The zero-order valence-corrected chi connectivity index (χ0v) is 11.8. The van der Waals surface area contributed by atoms with E-state index in [-0.39, 0.29) is 5.91 Å². The Labute approximate surface area is 116 Å². The molecule has 0 atom stereocenters. The highest BCUT2D eigenvalue weighted by Crippen LogP contribution is 2.09. The van der Waals surface area contributed by atoms with Gasteiger partial charge in [0.25, 0.3) is 0 Å². The van der Waals surface area contributed by atoms with Gasteiger partial charge >= 0.3 is 0 Å². The van der Waals surface area contributed by atoms with E-state index in [1.54, 1.807) is 6.21 Å². The Hall–Kier alpha value is -1.66. The summed E-state index contributed by atoms with van der Waals surface area (Å²) < 4.78 is 0. The van der Waals surface area contributed by atoms with Crippen molar-refractivity contribution in [3.63, 3.8) is 0 Å². The molecule has 0 saturated carbocycles. The first-order valence-corrected chi connectivity index (χ1v) is 6.89. The molecule has 0 bridgehead atoms. The van der Waals surface area contributed by atoms with Crippen molar-refractivity contribution in [2.75, 3.05) is 19.8 Å². The Balaban J connectivity index is 2.00. The Morgan fingerprint density at radius 1 is 1.47 bits per heavy atom. The fraction of sp³-hybridized carbons (Fsp3) is 0.308. The Morgan fingerprint density at radius 3 is 3.00 bits per heavy atom. The summed E-state index contributed by atoms with van der Waals surface area (Å²) in [7, 11) is 4.07. The van der Waals surface area contributed by atoms with Gasteiger partial charge in [0.05, 0.1) is 12.0 Å². The standard InChI is InChI=1S/C13H16N4OS/c1-17(2)8-11-5-3-4-10(6-11)7-14-16-13-15-12(18)9-19-13/h3-7H,8-9H2,1-2H3,(H,15,16,18). The maximum atomic E-state index is 11.0. The van der Waals surface area contributed by atoms with Crippen LogP contribution in [-0.2, 0) is 11.3 Å². The van der Waals surface area contributed by atoms with Crippen LogP contribution < -0.4 is 5.32 Å². The van der Waals surface area contributed by atoms with Gasteiger partial charge in [-0.05, 0) is 31.3 Å². The first-order valence-electron chi connectivity index (χ1n) is 5.91. The fourth-order valence-electron chi connectivity index (χ4n) is 1.66. The third kappa shape index (κ3) is 4.50. The average Bonchev–Trinajstić information content (AvgIpc) is 2.75. The molecule has 1 aromatic rings. The largest absolute Gasteiger partial charge is 0.305 e. The van der Waals surface area contributed by atoms with E-state index in [9.17, 15) is 4.79 Å². The van der Waals surface area contributed by atoms with Crippen molar-refractivity contribution < 1.29 is 4.79 Å². The molecule has 5 nitrogen and oxygen atoms in total. The first-order chi connectivity index (χ1) is 9.13. The number of thioether (sulfide) groups is 1. The lowest BCUT2D eigenvalue weighted by Gasteiger charge is -2.09. The summed E-state index contributed by atoms with van der Waals surface area (Å²) in [6, 6.07) is 8.13. The van der Waals surface area contributed by atoms with Crippen molar-refractivity contribution in [1.29, 1.82) is 0 Å². The number of hydrogen-bond acceptors (Lipinski definition) is 5. The molecule has 1 saturated heterocycles. The molecule has 1 aliphatic heterocycles. The van der Waals surface area contributed by atoms with Crippen molar-refractivity contribution in [1.82, 2.24) is 10.2 Å². The zero-order valence-electron chi connectivity index (χ0n) is 11.0. The molecule has 0 aromatic heterocycles. The van der Waals surface area contributed by atoms with Crippen LogP contribution >= 0.6 is 11.8 Å². The van der Waals surface area contributed by atoms with Crippen LogP contribution in [0.1, 0.15) is 11.1 Å². The summed E-state index contributed by atoms with van der Waals surface area (Å²) in [5.74, 6) is 0.402. The summed E-state index contributed by atoms with van der Waals surface area (Å²) in [5, 5.41) is 11.2. The predicted octanol–water partition coefficient (Wildman–Crippen LogP) is 1.30. The molecule has 6 heteroatoms. The molecule has 0 radical (unpaired) electrons. The van der Waals surface area contributed by atoms with Crippen LogP contribution in [0.15, 0.2) is 34.5 Å². The molecule has 0 aliphatic carbocycles. The van der Waals surface area contributed by atoms with E-state index in [0.29, 0.717) is 10.9 Å². The second kappa shape index (κ2) is 6.49. The molecular weight excluding hydrogens is 260 g/mol. The van der Waals surface area contributed by atoms with Gasteiger partial charge in [-0.2, -0.15) is 5.10 Å². The average molecular weight is 276 g/mol. The lowest BCUT2D eigenvalue weighted by Crippen LogP contribution is -2.19. The summed E-state index contributed by atoms with van der Waals surface area (Å²) in [5.41, 5.74) is 2.23. The summed E-state index contributed by atoms with van der Waals surface area (Å²) in [6.07, 6.45) is 1.69. The second-order valence-electron chi connectivity index (χ2n) is 4.47. The second-order valence-corrected chi connectivity index (χ2v) is 5.43. The van der Waals surface area contributed by atoms with Gasteiger partial charge in [-0.1, -0.05) is 30.0 Å². The van der Waals surface area contributed by atoms with Crippen LogP contribution in [0.5, 0.6) is 0 Å². The lowest BCUT2D eigenvalue weighted by atomic mass is 10.1. The Kier molecular flexibility index (Phi) is 4.70. The quantitative estimate of drug-likeness (QED) is 0.666. The van der Waals surface area contributed by atoms with Gasteiger partial charge in [0.15, 0.2) is 5.17 Å². The summed E-state index contributed by atoms with van der Waals surface area (Å²) in [4.78, 5) is 13.1. The number of benzene rings is 1. The number of carbonyl (C=O) groups excluding carboxylic acids is 1. The Morgan fingerprint density at radius 2 is 2.32 bits per heavy atom. The van der Waals surface area contributed by atoms with Crippen LogP contribution in [0.4, 0.5) is 0 Å². The Bertz CT molecular complexity index is 525. The maximum Gasteiger partial charge on any atom is 0.236 e. The highest BCUT2D eigenvalue weighted by atomic mass is 32.2. The zero-order chi connectivity index (χ0) is 13.7. The summed E-state index contributed by atoms with van der Waals surface area (Å²) >= 11 is 1.37. The molecule has 2 rings (SSSR count). The minimum Gasteiger partial charge on any atom is -0.305 e. The SMILES string of the molecule is CN(C)Cc1cccc(C=NN=C2NC(=O)CS2)c1. The van der Waals surface area contributed by atoms with Crippen LogP contribution in [-0.4, -0.2) is 42.0 Å². The van der Waals surface area contributed by atoms with E-state index in [2.05, 4.69) is 32.6 Å². The number of nitrogens with zero attached hydrogens (tertiary/aromatic N) is 3. The molecule has 1 fully saturated rings. The van der Waals surface area contributed by atoms with E-state index in [4.69, 9.17) is 0 Å². The minimum absolute atomic E-state index is 0.0214. The van der Waals surface area contributed by atoms with Crippen molar-refractivity contribution in [3.8, 4) is 0 Å². The minimum atomic E-state index is -0.0214. The van der Waals surface area contributed by atoms with Crippen molar-refractivity contribution in [2.45, 2.75) is 6.54 Å². The summed E-state index contributed by atoms with van der Waals surface area (Å²) in [6.45, 7) is 0.891. The predicted molar refractivity (Wildman–Crippen MR) is 79.5 cm³/mol. The molecule has 0 unspecified atom stereocenters. The number of nitrogens with one attached hydrogen (secondary N) is 1. The van der Waals surface area contributed by atoms with Crippen molar-refractivity contribution >= 4 is 29.1 Å². The molecule has 100 valence electrons. The molecule has 0 spiro atoms. The van der Waals surface area contributed by atoms with E-state index in [1.165, 1.54) is 17.3 Å².